The zero-order chi connectivity index (χ0) is 12.9. The number of carboxylic acids is 1. The Morgan fingerprint density at radius 2 is 2.28 bits per heavy atom. The summed E-state index contributed by atoms with van der Waals surface area (Å²) in [7, 11) is 0. The van der Waals surface area contributed by atoms with E-state index in [1.165, 1.54) is 6.07 Å². The highest BCUT2D eigenvalue weighted by Gasteiger charge is 2.33. The van der Waals surface area contributed by atoms with Crippen LogP contribution < -0.4 is 5.69 Å². The number of para-hydroxylation sites is 1. The van der Waals surface area contributed by atoms with Crippen LogP contribution in [0, 0.1) is 11.8 Å². The second-order valence-electron chi connectivity index (χ2n) is 5.02. The Morgan fingerprint density at radius 3 is 2.89 bits per heavy atom. The number of carbonyl (C=O) groups is 1. The lowest BCUT2D eigenvalue weighted by Gasteiger charge is -2.04. The van der Waals surface area contributed by atoms with E-state index in [-0.39, 0.29) is 11.3 Å². The number of benzene rings is 1. The molecular formula is C13H14N2O3. The highest BCUT2D eigenvalue weighted by molar-refractivity contribution is 6.01. The molecule has 94 valence electrons. The Hall–Kier alpha value is -2.04. The van der Waals surface area contributed by atoms with Gasteiger partial charge in [0.25, 0.3) is 0 Å². The van der Waals surface area contributed by atoms with Gasteiger partial charge in [0.05, 0.1) is 16.6 Å². The van der Waals surface area contributed by atoms with Gasteiger partial charge >= 0.3 is 11.7 Å². The molecule has 1 heterocycles. The Morgan fingerprint density at radius 1 is 1.56 bits per heavy atom. The molecule has 1 saturated carbocycles. The second-order valence-corrected chi connectivity index (χ2v) is 5.02. The predicted molar refractivity (Wildman–Crippen MR) is 66.8 cm³/mol. The number of nitrogens with zero attached hydrogens (tertiary/aromatic N) is 1. The summed E-state index contributed by atoms with van der Waals surface area (Å²) in [6.45, 7) is 2.74. The quantitative estimate of drug-likeness (QED) is 0.865. The molecule has 1 aromatic carbocycles. The number of hydrogen-bond donors (Lipinski definition) is 2. The number of imidazole rings is 1. The van der Waals surface area contributed by atoms with Crippen LogP contribution in [0.4, 0.5) is 0 Å². The zero-order valence-corrected chi connectivity index (χ0v) is 10.0. The molecule has 2 unspecified atom stereocenters. The summed E-state index contributed by atoms with van der Waals surface area (Å²) in [5.41, 5.74) is 1.05. The number of carboxylic acid groups (broad SMARTS) is 1. The van der Waals surface area contributed by atoms with Crippen LogP contribution in [0.15, 0.2) is 23.0 Å². The normalized spacial score (nSPS) is 22.3. The van der Waals surface area contributed by atoms with Gasteiger partial charge in [-0.25, -0.2) is 9.59 Å². The van der Waals surface area contributed by atoms with Crippen molar-refractivity contribution in [1.29, 1.82) is 0 Å². The molecule has 0 saturated heterocycles. The number of H-pyrrole nitrogens is 1. The van der Waals surface area contributed by atoms with E-state index in [2.05, 4.69) is 11.9 Å². The molecule has 0 aliphatic heterocycles. The number of aromatic nitrogens is 2. The van der Waals surface area contributed by atoms with Crippen molar-refractivity contribution in [2.45, 2.75) is 19.9 Å². The van der Waals surface area contributed by atoms with Gasteiger partial charge < -0.3 is 10.1 Å². The van der Waals surface area contributed by atoms with E-state index in [4.69, 9.17) is 0 Å². The van der Waals surface area contributed by atoms with Gasteiger partial charge in [-0.05, 0) is 30.4 Å². The summed E-state index contributed by atoms with van der Waals surface area (Å²) in [5, 5.41) is 9.19. The summed E-state index contributed by atoms with van der Waals surface area (Å²) in [4.78, 5) is 25.8. The molecular weight excluding hydrogens is 232 g/mol. The first-order chi connectivity index (χ1) is 8.58. The fourth-order valence-corrected chi connectivity index (χ4v) is 2.45. The number of aromatic amines is 1. The van der Waals surface area contributed by atoms with Crippen LogP contribution in [-0.4, -0.2) is 20.6 Å². The molecule has 0 radical (unpaired) electrons. The average molecular weight is 246 g/mol. The molecule has 1 aromatic heterocycles. The van der Waals surface area contributed by atoms with Crippen molar-refractivity contribution in [3.8, 4) is 0 Å². The Balaban J connectivity index is 2.19. The lowest BCUT2D eigenvalue weighted by Crippen LogP contribution is -2.19. The largest absolute Gasteiger partial charge is 0.478 e. The Labute approximate surface area is 103 Å². The lowest BCUT2D eigenvalue weighted by molar-refractivity contribution is 0.0698. The molecule has 0 amide bonds. The van der Waals surface area contributed by atoms with Gasteiger partial charge in [-0.1, -0.05) is 13.0 Å². The third kappa shape index (κ3) is 1.63. The van der Waals surface area contributed by atoms with Crippen molar-refractivity contribution >= 4 is 17.0 Å². The molecule has 1 fully saturated rings. The van der Waals surface area contributed by atoms with Crippen molar-refractivity contribution in [3.63, 3.8) is 0 Å². The standard InChI is InChI=1S/C13H14N2O3/c1-7-5-8(7)6-15-11-9(12(16)17)3-2-4-10(11)14-13(15)18/h2-4,7-8H,5-6H2,1H3,(H,14,18)(H,16,17). The maximum Gasteiger partial charge on any atom is 0.337 e. The smallest absolute Gasteiger partial charge is 0.337 e. The van der Waals surface area contributed by atoms with Gasteiger partial charge in [0.2, 0.25) is 0 Å². The van der Waals surface area contributed by atoms with Gasteiger partial charge in [-0.2, -0.15) is 0 Å². The summed E-state index contributed by atoms with van der Waals surface area (Å²) < 4.78 is 1.56. The molecule has 1 aliphatic carbocycles. The summed E-state index contributed by atoms with van der Waals surface area (Å²) in [5.74, 6) is 0.111. The molecule has 5 nitrogen and oxygen atoms in total. The van der Waals surface area contributed by atoms with Gasteiger partial charge in [-0.15, -0.1) is 0 Å². The number of rotatable bonds is 3. The van der Waals surface area contributed by atoms with Crippen molar-refractivity contribution in [1.82, 2.24) is 9.55 Å². The van der Waals surface area contributed by atoms with E-state index in [0.717, 1.165) is 6.42 Å². The van der Waals surface area contributed by atoms with E-state index >= 15 is 0 Å². The van der Waals surface area contributed by atoms with E-state index in [9.17, 15) is 14.7 Å². The molecule has 2 aromatic rings. The first-order valence-electron chi connectivity index (χ1n) is 6.02. The van der Waals surface area contributed by atoms with Crippen molar-refractivity contribution in [2.24, 2.45) is 11.8 Å². The zero-order valence-electron chi connectivity index (χ0n) is 10.0. The topological polar surface area (TPSA) is 75.1 Å². The minimum absolute atomic E-state index is 0.180. The van der Waals surface area contributed by atoms with Crippen molar-refractivity contribution in [3.05, 3.63) is 34.2 Å². The van der Waals surface area contributed by atoms with Crippen molar-refractivity contribution < 1.29 is 9.90 Å². The summed E-state index contributed by atoms with van der Waals surface area (Å²) >= 11 is 0. The molecule has 18 heavy (non-hydrogen) atoms. The maximum absolute atomic E-state index is 11.9. The fourth-order valence-electron chi connectivity index (χ4n) is 2.45. The number of aromatic carboxylic acids is 1. The molecule has 0 spiro atoms. The average Bonchev–Trinajstić information content (AvgIpc) is 2.91. The highest BCUT2D eigenvalue weighted by atomic mass is 16.4. The Kier molecular flexibility index (Phi) is 2.29. The van der Waals surface area contributed by atoms with Crippen LogP contribution in [0.3, 0.4) is 0 Å². The second kappa shape index (κ2) is 3.73. The first-order valence-corrected chi connectivity index (χ1v) is 6.02. The van der Waals surface area contributed by atoms with Crippen LogP contribution in [-0.2, 0) is 6.54 Å². The molecule has 2 N–H and O–H groups in total. The number of fused-ring (bicyclic) bond motifs is 1. The van der Waals surface area contributed by atoms with Crippen LogP contribution >= 0.6 is 0 Å². The molecule has 0 bridgehead atoms. The van der Waals surface area contributed by atoms with Crippen LogP contribution in [0.1, 0.15) is 23.7 Å². The van der Waals surface area contributed by atoms with Gasteiger partial charge in [0.1, 0.15) is 0 Å². The number of hydrogen-bond acceptors (Lipinski definition) is 2. The third-order valence-electron chi connectivity index (χ3n) is 3.72. The molecule has 3 rings (SSSR count). The lowest BCUT2D eigenvalue weighted by atomic mass is 10.2. The van der Waals surface area contributed by atoms with Gasteiger partial charge in [-0.3, -0.25) is 4.57 Å². The minimum atomic E-state index is -1.00. The molecule has 2 atom stereocenters. The van der Waals surface area contributed by atoms with E-state index in [0.29, 0.717) is 29.4 Å². The number of nitrogens with one attached hydrogen (secondary N) is 1. The summed E-state index contributed by atoms with van der Waals surface area (Å²) in [6, 6.07) is 4.91. The van der Waals surface area contributed by atoms with Crippen LogP contribution in [0.25, 0.3) is 11.0 Å². The monoisotopic (exact) mass is 246 g/mol. The van der Waals surface area contributed by atoms with E-state index in [1.54, 1.807) is 16.7 Å². The third-order valence-corrected chi connectivity index (χ3v) is 3.72. The van der Waals surface area contributed by atoms with Gasteiger partial charge in [0.15, 0.2) is 0 Å². The maximum atomic E-state index is 11.9. The van der Waals surface area contributed by atoms with E-state index < -0.39 is 5.97 Å². The Bertz CT molecular complexity index is 683. The predicted octanol–water partition coefficient (Wildman–Crippen LogP) is 1.68. The molecule has 5 heteroatoms. The van der Waals surface area contributed by atoms with Crippen molar-refractivity contribution in [2.75, 3.05) is 0 Å². The van der Waals surface area contributed by atoms with E-state index in [1.807, 2.05) is 0 Å². The molecule has 1 aliphatic rings. The van der Waals surface area contributed by atoms with Crippen LogP contribution in [0.2, 0.25) is 0 Å². The SMILES string of the molecule is CC1CC1Cn1c(=O)[nH]c2cccc(C(=O)O)c21. The highest BCUT2D eigenvalue weighted by Crippen LogP contribution is 2.39. The van der Waals surface area contributed by atoms with Gasteiger partial charge in [0, 0.05) is 6.54 Å². The minimum Gasteiger partial charge on any atom is -0.478 e. The first kappa shape index (κ1) is 11.1. The van der Waals surface area contributed by atoms with Crippen LogP contribution in [0.5, 0.6) is 0 Å². The summed E-state index contributed by atoms with van der Waals surface area (Å²) in [6.07, 6.45) is 1.11. The fraction of sp³-hybridized carbons (Fsp3) is 0.385.